The van der Waals surface area contributed by atoms with Gasteiger partial charge in [-0.15, -0.1) is 0 Å². The second-order valence-electron chi connectivity index (χ2n) is 4.75. The lowest BCUT2D eigenvalue weighted by Crippen LogP contribution is -2.07. The maximum Gasteiger partial charge on any atom is 0.124 e. The molecular weight excluding hydrogens is 222 g/mol. The molecule has 1 atom stereocenters. The van der Waals surface area contributed by atoms with Gasteiger partial charge in [0.05, 0.1) is 13.2 Å². The van der Waals surface area contributed by atoms with Crippen molar-refractivity contribution in [3.63, 3.8) is 0 Å². The van der Waals surface area contributed by atoms with Gasteiger partial charge in [-0.2, -0.15) is 0 Å². The minimum Gasteiger partial charge on any atom is -0.496 e. The molecule has 1 aliphatic rings. The molecule has 1 aliphatic heterocycles. The highest BCUT2D eigenvalue weighted by molar-refractivity contribution is 5.63. The molecule has 0 saturated heterocycles. The quantitative estimate of drug-likeness (QED) is 0.862. The first kappa shape index (κ1) is 11.1. The molecule has 2 heteroatoms. The second-order valence-corrected chi connectivity index (χ2v) is 4.75. The fraction of sp³-hybridized carbons (Fsp3) is 0.250. The standard InChI is InChI=1S/C16H17NO/c1-11-6-5-7-12-10-14(17-16(11)12)13-8-3-4-9-15(13)18-2/h3-9,14,17H,10H2,1-2H3. The molecule has 2 nitrogen and oxygen atoms in total. The van der Waals surface area contributed by atoms with Crippen molar-refractivity contribution in [1.82, 2.24) is 0 Å². The van der Waals surface area contributed by atoms with E-state index in [4.69, 9.17) is 4.74 Å². The van der Waals surface area contributed by atoms with E-state index in [1.165, 1.54) is 22.4 Å². The molecular formula is C16H17NO. The molecule has 92 valence electrons. The summed E-state index contributed by atoms with van der Waals surface area (Å²) < 4.78 is 5.45. The van der Waals surface area contributed by atoms with Crippen molar-refractivity contribution in [3.05, 3.63) is 59.2 Å². The minimum atomic E-state index is 0.317. The van der Waals surface area contributed by atoms with E-state index in [1.807, 2.05) is 12.1 Å². The predicted molar refractivity (Wildman–Crippen MR) is 74.2 cm³/mol. The van der Waals surface area contributed by atoms with Gasteiger partial charge >= 0.3 is 0 Å². The summed E-state index contributed by atoms with van der Waals surface area (Å²) in [6.45, 7) is 2.15. The van der Waals surface area contributed by atoms with Gasteiger partial charge in [0.2, 0.25) is 0 Å². The Morgan fingerprint density at radius 1 is 1.11 bits per heavy atom. The smallest absolute Gasteiger partial charge is 0.124 e. The topological polar surface area (TPSA) is 21.3 Å². The number of benzene rings is 2. The van der Waals surface area contributed by atoms with E-state index in [1.54, 1.807) is 7.11 Å². The molecule has 0 bridgehead atoms. The lowest BCUT2D eigenvalue weighted by Gasteiger charge is -2.15. The molecule has 0 amide bonds. The van der Waals surface area contributed by atoms with Crippen LogP contribution in [0.15, 0.2) is 42.5 Å². The molecule has 2 aromatic rings. The van der Waals surface area contributed by atoms with Crippen molar-refractivity contribution in [2.75, 3.05) is 12.4 Å². The molecule has 18 heavy (non-hydrogen) atoms. The van der Waals surface area contributed by atoms with E-state index >= 15 is 0 Å². The van der Waals surface area contributed by atoms with E-state index in [0.717, 1.165) is 12.2 Å². The van der Waals surface area contributed by atoms with Crippen LogP contribution in [0, 0.1) is 6.92 Å². The van der Waals surface area contributed by atoms with Crippen molar-refractivity contribution in [1.29, 1.82) is 0 Å². The van der Waals surface area contributed by atoms with Crippen molar-refractivity contribution in [2.24, 2.45) is 0 Å². The van der Waals surface area contributed by atoms with Gasteiger partial charge in [-0.3, -0.25) is 0 Å². The van der Waals surface area contributed by atoms with Crippen LogP contribution in [0.2, 0.25) is 0 Å². The second kappa shape index (κ2) is 4.37. The van der Waals surface area contributed by atoms with Crippen LogP contribution in [-0.2, 0) is 6.42 Å². The van der Waals surface area contributed by atoms with Gasteiger partial charge in [0, 0.05) is 11.3 Å². The summed E-state index contributed by atoms with van der Waals surface area (Å²) in [7, 11) is 1.73. The third kappa shape index (κ3) is 1.74. The van der Waals surface area contributed by atoms with E-state index in [-0.39, 0.29) is 0 Å². The fourth-order valence-corrected chi connectivity index (χ4v) is 2.69. The lowest BCUT2D eigenvalue weighted by atomic mass is 10.0. The number of ether oxygens (including phenoxy) is 1. The molecule has 0 saturated carbocycles. The molecule has 0 fully saturated rings. The fourth-order valence-electron chi connectivity index (χ4n) is 2.69. The summed E-state index contributed by atoms with van der Waals surface area (Å²) in [4.78, 5) is 0. The van der Waals surface area contributed by atoms with Gasteiger partial charge in [0.25, 0.3) is 0 Å². The average Bonchev–Trinajstić information content (AvgIpc) is 2.84. The van der Waals surface area contributed by atoms with Crippen molar-refractivity contribution < 1.29 is 4.74 Å². The number of nitrogens with one attached hydrogen (secondary N) is 1. The average molecular weight is 239 g/mol. The monoisotopic (exact) mass is 239 g/mol. The lowest BCUT2D eigenvalue weighted by molar-refractivity contribution is 0.407. The third-order valence-electron chi connectivity index (χ3n) is 3.62. The Hall–Kier alpha value is -1.96. The number of rotatable bonds is 2. The normalized spacial score (nSPS) is 17.1. The molecule has 1 unspecified atom stereocenters. The maximum absolute atomic E-state index is 5.45. The maximum atomic E-state index is 5.45. The van der Waals surface area contributed by atoms with Crippen LogP contribution in [0.25, 0.3) is 0 Å². The minimum absolute atomic E-state index is 0.317. The Morgan fingerprint density at radius 3 is 2.72 bits per heavy atom. The summed E-state index contributed by atoms with van der Waals surface area (Å²) in [5.41, 5.74) is 5.22. The first-order valence-corrected chi connectivity index (χ1v) is 6.27. The van der Waals surface area contributed by atoms with Crippen LogP contribution in [0.1, 0.15) is 22.7 Å². The summed E-state index contributed by atoms with van der Waals surface area (Å²) in [5.74, 6) is 0.959. The number of fused-ring (bicyclic) bond motifs is 1. The molecule has 3 rings (SSSR count). The van der Waals surface area contributed by atoms with Crippen LogP contribution in [0.5, 0.6) is 5.75 Å². The molecule has 1 heterocycles. The van der Waals surface area contributed by atoms with Gasteiger partial charge in [-0.05, 0) is 30.5 Å². The number of para-hydroxylation sites is 2. The number of anilines is 1. The third-order valence-corrected chi connectivity index (χ3v) is 3.62. The number of hydrogen-bond acceptors (Lipinski definition) is 2. The Balaban J connectivity index is 1.96. The molecule has 0 aliphatic carbocycles. The SMILES string of the molecule is COc1ccccc1C1Cc2cccc(C)c2N1. The Labute approximate surface area is 108 Å². The van der Waals surface area contributed by atoms with Crippen molar-refractivity contribution >= 4 is 5.69 Å². The molecule has 0 spiro atoms. The van der Waals surface area contributed by atoms with Gasteiger partial charge in [-0.25, -0.2) is 0 Å². The van der Waals surface area contributed by atoms with Crippen LogP contribution in [-0.4, -0.2) is 7.11 Å². The summed E-state index contributed by atoms with van der Waals surface area (Å²) >= 11 is 0. The zero-order valence-corrected chi connectivity index (χ0v) is 10.7. The summed E-state index contributed by atoms with van der Waals surface area (Å²) in [5, 5.41) is 3.61. The van der Waals surface area contributed by atoms with Gasteiger partial charge < -0.3 is 10.1 Å². The van der Waals surface area contributed by atoms with Crippen LogP contribution in [0.4, 0.5) is 5.69 Å². The number of methoxy groups -OCH3 is 1. The Kier molecular flexibility index (Phi) is 2.71. The van der Waals surface area contributed by atoms with Crippen LogP contribution < -0.4 is 10.1 Å². The Bertz CT molecular complexity index is 577. The van der Waals surface area contributed by atoms with E-state index < -0.39 is 0 Å². The first-order chi connectivity index (χ1) is 8.79. The molecule has 2 aromatic carbocycles. The predicted octanol–water partition coefficient (Wildman–Crippen LogP) is 3.71. The highest BCUT2D eigenvalue weighted by Gasteiger charge is 2.24. The summed E-state index contributed by atoms with van der Waals surface area (Å²) in [6.07, 6.45) is 1.03. The van der Waals surface area contributed by atoms with Gasteiger partial charge in [0.1, 0.15) is 5.75 Å². The highest BCUT2D eigenvalue weighted by atomic mass is 16.5. The van der Waals surface area contributed by atoms with E-state index in [2.05, 4.69) is 42.6 Å². The van der Waals surface area contributed by atoms with Crippen LogP contribution >= 0.6 is 0 Å². The van der Waals surface area contributed by atoms with Crippen molar-refractivity contribution in [3.8, 4) is 5.75 Å². The molecule has 0 aromatic heterocycles. The highest BCUT2D eigenvalue weighted by Crippen LogP contribution is 2.38. The van der Waals surface area contributed by atoms with Crippen molar-refractivity contribution in [2.45, 2.75) is 19.4 Å². The zero-order valence-electron chi connectivity index (χ0n) is 10.7. The molecule has 0 radical (unpaired) electrons. The Morgan fingerprint density at radius 2 is 1.94 bits per heavy atom. The zero-order chi connectivity index (χ0) is 12.5. The largest absolute Gasteiger partial charge is 0.496 e. The first-order valence-electron chi connectivity index (χ1n) is 6.27. The number of aryl methyl sites for hydroxylation is 1. The molecule has 1 N–H and O–H groups in total. The van der Waals surface area contributed by atoms with Gasteiger partial charge in [-0.1, -0.05) is 36.4 Å². The van der Waals surface area contributed by atoms with Crippen LogP contribution in [0.3, 0.4) is 0 Å². The van der Waals surface area contributed by atoms with E-state index in [0.29, 0.717) is 6.04 Å². The van der Waals surface area contributed by atoms with Gasteiger partial charge in [0.15, 0.2) is 0 Å². The van der Waals surface area contributed by atoms with E-state index in [9.17, 15) is 0 Å². The summed E-state index contributed by atoms with van der Waals surface area (Å²) in [6, 6.07) is 15.0. The number of hydrogen-bond donors (Lipinski definition) is 1.